The minimum Gasteiger partial charge on any atom is -0.335 e. The van der Waals surface area contributed by atoms with Gasteiger partial charge in [-0.05, 0) is 36.8 Å². The van der Waals surface area contributed by atoms with Crippen molar-refractivity contribution in [3.63, 3.8) is 0 Å². The van der Waals surface area contributed by atoms with E-state index in [0.29, 0.717) is 0 Å². The topological polar surface area (TPSA) is 51.0 Å². The summed E-state index contributed by atoms with van der Waals surface area (Å²) in [6.07, 6.45) is 3.04. The monoisotopic (exact) mass is 342 g/mol. The summed E-state index contributed by atoms with van der Waals surface area (Å²) in [6.45, 7) is 1.85. The lowest BCUT2D eigenvalue weighted by molar-refractivity contribution is 0.0741. The van der Waals surface area contributed by atoms with Gasteiger partial charge in [-0.1, -0.05) is 12.1 Å². The molecule has 3 rings (SSSR count). The number of benzene rings is 2. The molecule has 25 heavy (non-hydrogen) atoms. The summed E-state index contributed by atoms with van der Waals surface area (Å²) in [5.74, 6) is -2.01. The lowest BCUT2D eigenvalue weighted by Gasteiger charge is -2.25. The molecule has 0 bridgehead atoms. The normalized spacial score (nSPS) is 12.0. The zero-order valence-electron chi connectivity index (χ0n) is 13.7. The molecule has 0 spiro atoms. The number of carbonyl (C=O) groups excluding carboxylic acids is 1. The minimum absolute atomic E-state index is 0.0221. The third-order valence-corrected chi connectivity index (χ3v) is 4.07. The molecule has 128 valence electrons. The maximum atomic E-state index is 13.3. The Morgan fingerprint density at radius 3 is 2.32 bits per heavy atom. The van der Waals surface area contributed by atoms with Crippen LogP contribution in [0, 0.1) is 11.6 Å². The van der Waals surface area contributed by atoms with Gasteiger partial charge < -0.3 is 4.90 Å². The first kappa shape index (κ1) is 16.8. The highest BCUT2D eigenvalue weighted by Gasteiger charge is 2.20. The molecular formula is C18H16F2N4O. The van der Waals surface area contributed by atoms with Gasteiger partial charge in [0.15, 0.2) is 0 Å². The van der Waals surface area contributed by atoms with Gasteiger partial charge in [-0.2, -0.15) is 5.10 Å². The van der Waals surface area contributed by atoms with Gasteiger partial charge in [-0.25, -0.2) is 18.4 Å². The summed E-state index contributed by atoms with van der Waals surface area (Å²) in [5.41, 5.74) is 1.71. The van der Waals surface area contributed by atoms with Crippen LogP contribution in [0.25, 0.3) is 5.69 Å². The van der Waals surface area contributed by atoms with Crippen molar-refractivity contribution in [3.05, 3.63) is 77.9 Å². The molecule has 0 radical (unpaired) electrons. The largest absolute Gasteiger partial charge is 0.335 e. The number of nitrogens with zero attached hydrogens (tertiary/aromatic N) is 4. The number of amides is 1. The van der Waals surface area contributed by atoms with Crippen LogP contribution in [-0.4, -0.2) is 32.6 Å². The SMILES string of the molecule is C[C@H](c1ccc(-n2cncn2)cc1)N(C)C(=O)c1cc(F)cc(F)c1. The second-order valence-electron chi connectivity index (χ2n) is 5.68. The lowest BCUT2D eigenvalue weighted by Crippen LogP contribution is -2.29. The van der Waals surface area contributed by atoms with E-state index in [0.717, 1.165) is 29.4 Å². The maximum absolute atomic E-state index is 13.3. The van der Waals surface area contributed by atoms with Gasteiger partial charge in [-0.3, -0.25) is 4.79 Å². The molecule has 3 aromatic rings. The second kappa shape index (κ2) is 6.80. The average molecular weight is 342 g/mol. The third-order valence-electron chi connectivity index (χ3n) is 4.07. The van der Waals surface area contributed by atoms with Crippen LogP contribution in [0.15, 0.2) is 55.1 Å². The van der Waals surface area contributed by atoms with Crippen molar-refractivity contribution in [2.75, 3.05) is 7.05 Å². The standard InChI is InChI=1S/C18H16F2N4O/c1-12(13-3-5-17(6-4-13)24-11-21-10-22-24)23(2)18(25)14-7-15(19)9-16(20)8-14/h3-12H,1-2H3/t12-/m1/s1. The molecule has 0 N–H and O–H groups in total. The average Bonchev–Trinajstić information content (AvgIpc) is 3.14. The molecule has 7 heteroatoms. The van der Waals surface area contributed by atoms with Crippen LogP contribution >= 0.6 is 0 Å². The number of hydrogen-bond donors (Lipinski definition) is 0. The molecule has 0 aliphatic carbocycles. The number of carbonyl (C=O) groups is 1. The molecule has 0 fully saturated rings. The van der Waals surface area contributed by atoms with Crippen molar-refractivity contribution in [1.29, 1.82) is 0 Å². The van der Waals surface area contributed by atoms with Crippen molar-refractivity contribution in [1.82, 2.24) is 19.7 Å². The summed E-state index contributed by atoms with van der Waals surface area (Å²) in [7, 11) is 1.60. The number of rotatable bonds is 4. The highest BCUT2D eigenvalue weighted by atomic mass is 19.1. The molecule has 0 unspecified atom stereocenters. The van der Waals surface area contributed by atoms with E-state index in [2.05, 4.69) is 10.1 Å². The predicted molar refractivity (Wildman–Crippen MR) is 88.2 cm³/mol. The van der Waals surface area contributed by atoms with Crippen molar-refractivity contribution < 1.29 is 13.6 Å². The molecule has 0 saturated heterocycles. The molecule has 0 saturated carbocycles. The molecule has 2 aromatic carbocycles. The van der Waals surface area contributed by atoms with Crippen molar-refractivity contribution in [3.8, 4) is 5.69 Å². The molecule has 1 amide bonds. The Morgan fingerprint density at radius 2 is 1.76 bits per heavy atom. The number of aromatic nitrogens is 3. The van der Waals surface area contributed by atoms with Gasteiger partial charge in [-0.15, -0.1) is 0 Å². The van der Waals surface area contributed by atoms with E-state index in [4.69, 9.17) is 0 Å². The Hall–Kier alpha value is -3.09. The first-order valence-corrected chi connectivity index (χ1v) is 7.64. The van der Waals surface area contributed by atoms with E-state index in [-0.39, 0.29) is 11.6 Å². The molecule has 0 aliphatic rings. The number of halogens is 2. The lowest BCUT2D eigenvalue weighted by atomic mass is 10.1. The van der Waals surface area contributed by atoms with Crippen LogP contribution in [0.4, 0.5) is 8.78 Å². The first-order chi connectivity index (χ1) is 12.0. The predicted octanol–water partition coefficient (Wildman–Crippen LogP) is 3.38. The minimum atomic E-state index is -0.776. The first-order valence-electron chi connectivity index (χ1n) is 7.64. The van der Waals surface area contributed by atoms with Crippen LogP contribution in [0.3, 0.4) is 0 Å². The summed E-state index contributed by atoms with van der Waals surface area (Å²) in [6, 6.07) is 9.99. The van der Waals surface area contributed by atoms with E-state index in [1.807, 2.05) is 31.2 Å². The Kier molecular flexibility index (Phi) is 4.56. The maximum Gasteiger partial charge on any atom is 0.254 e. The van der Waals surface area contributed by atoms with Gasteiger partial charge in [0.05, 0.1) is 11.7 Å². The zero-order valence-corrected chi connectivity index (χ0v) is 13.7. The fourth-order valence-corrected chi connectivity index (χ4v) is 2.53. The summed E-state index contributed by atoms with van der Waals surface area (Å²) < 4.78 is 28.3. The molecule has 1 heterocycles. The van der Waals surface area contributed by atoms with E-state index >= 15 is 0 Å². The fraction of sp³-hybridized carbons (Fsp3) is 0.167. The molecule has 0 aliphatic heterocycles. The Morgan fingerprint density at radius 1 is 1.12 bits per heavy atom. The van der Waals surface area contributed by atoms with E-state index in [1.54, 1.807) is 18.1 Å². The number of hydrogen-bond acceptors (Lipinski definition) is 3. The van der Waals surface area contributed by atoms with E-state index < -0.39 is 17.5 Å². The van der Waals surface area contributed by atoms with Gasteiger partial charge in [0.1, 0.15) is 24.3 Å². The van der Waals surface area contributed by atoms with Crippen LogP contribution in [0.2, 0.25) is 0 Å². The zero-order chi connectivity index (χ0) is 18.0. The summed E-state index contributed by atoms with van der Waals surface area (Å²) in [4.78, 5) is 17.8. The van der Waals surface area contributed by atoms with Crippen LogP contribution in [0.5, 0.6) is 0 Å². The van der Waals surface area contributed by atoms with Crippen molar-refractivity contribution in [2.24, 2.45) is 0 Å². The smallest absolute Gasteiger partial charge is 0.254 e. The molecule has 1 atom stereocenters. The van der Waals surface area contributed by atoms with Gasteiger partial charge >= 0.3 is 0 Å². The highest BCUT2D eigenvalue weighted by molar-refractivity contribution is 5.94. The molecule has 5 nitrogen and oxygen atoms in total. The van der Waals surface area contributed by atoms with E-state index in [9.17, 15) is 13.6 Å². The Balaban J connectivity index is 1.79. The van der Waals surface area contributed by atoms with Crippen LogP contribution < -0.4 is 0 Å². The van der Waals surface area contributed by atoms with Crippen molar-refractivity contribution in [2.45, 2.75) is 13.0 Å². The van der Waals surface area contributed by atoms with Gasteiger partial charge in [0, 0.05) is 18.7 Å². The van der Waals surface area contributed by atoms with E-state index in [1.165, 1.54) is 11.2 Å². The van der Waals surface area contributed by atoms with Gasteiger partial charge in [0.2, 0.25) is 0 Å². The molecular weight excluding hydrogens is 326 g/mol. The molecule has 1 aromatic heterocycles. The highest BCUT2D eigenvalue weighted by Crippen LogP contribution is 2.22. The summed E-state index contributed by atoms with van der Waals surface area (Å²) >= 11 is 0. The van der Waals surface area contributed by atoms with Gasteiger partial charge in [0.25, 0.3) is 5.91 Å². The third kappa shape index (κ3) is 3.55. The Bertz CT molecular complexity index is 858. The Labute approximate surface area is 143 Å². The van der Waals surface area contributed by atoms with Crippen LogP contribution in [-0.2, 0) is 0 Å². The fourth-order valence-electron chi connectivity index (χ4n) is 2.53. The quantitative estimate of drug-likeness (QED) is 0.730. The summed E-state index contributed by atoms with van der Waals surface area (Å²) in [5, 5.41) is 4.05. The van der Waals surface area contributed by atoms with Crippen molar-refractivity contribution >= 4 is 5.91 Å². The second-order valence-corrected chi connectivity index (χ2v) is 5.68. The van der Waals surface area contributed by atoms with Crippen LogP contribution in [0.1, 0.15) is 28.9 Å².